The van der Waals surface area contributed by atoms with Crippen molar-refractivity contribution < 1.29 is 17.9 Å². The topological polar surface area (TPSA) is 75.7 Å². The summed E-state index contributed by atoms with van der Waals surface area (Å²) in [5.74, 6) is 0.634. The zero-order valence-corrected chi connectivity index (χ0v) is 15.9. The molecule has 1 rings (SSSR count). The number of carbonyl (C=O) groups excluding carboxylic acids is 1. The van der Waals surface area contributed by atoms with Crippen LogP contribution in [0.25, 0.3) is 0 Å². The number of nitrogens with one attached hydrogen (secondary N) is 1. The summed E-state index contributed by atoms with van der Waals surface area (Å²) in [7, 11) is -3.48. The van der Waals surface area contributed by atoms with Crippen LogP contribution in [0.4, 0.5) is 0 Å². The fourth-order valence-corrected chi connectivity index (χ4v) is 3.57. The summed E-state index contributed by atoms with van der Waals surface area (Å²) in [5.41, 5.74) is 0. The summed E-state index contributed by atoms with van der Waals surface area (Å²) in [6.45, 7) is 10.7. The lowest BCUT2D eigenvalue weighted by Crippen LogP contribution is -2.38. The molecule has 1 aromatic rings. The molecule has 24 heavy (non-hydrogen) atoms. The van der Waals surface area contributed by atoms with E-state index in [1.807, 2.05) is 13.8 Å². The van der Waals surface area contributed by atoms with Crippen molar-refractivity contribution in [3.8, 4) is 5.75 Å². The second kappa shape index (κ2) is 9.03. The first-order chi connectivity index (χ1) is 11.2. The predicted octanol–water partition coefficient (Wildman–Crippen LogP) is 2.26. The van der Waals surface area contributed by atoms with E-state index in [4.69, 9.17) is 4.74 Å². The SMILES string of the molecule is CCN(CC)S(=O)(=O)c1ccc(O[C@@H](C)C(=O)NCC(C)C)cc1. The number of carbonyl (C=O) groups is 1. The molecule has 0 aliphatic heterocycles. The average Bonchev–Trinajstić information content (AvgIpc) is 2.53. The molecule has 0 aromatic heterocycles. The maximum absolute atomic E-state index is 12.4. The van der Waals surface area contributed by atoms with Gasteiger partial charge in [0, 0.05) is 19.6 Å². The van der Waals surface area contributed by atoms with Crippen molar-refractivity contribution in [2.75, 3.05) is 19.6 Å². The molecule has 0 heterocycles. The maximum Gasteiger partial charge on any atom is 0.260 e. The molecule has 1 N–H and O–H groups in total. The fraction of sp³-hybridized carbons (Fsp3) is 0.588. The lowest BCUT2D eigenvalue weighted by Gasteiger charge is -2.19. The van der Waals surface area contributed by atoms with Gasteiger partial charge in [-0.15, -0.1) is 0 Å². The number of ether oxygens (including phenoxy) is 1. The molecule has 1 amide bonds. The number of benzene rings is 1. The number of sulfonamides is 1. The van der Waals surface area contributed by atoms with Gasteiger partial charge in [-0.05, 0) is 37.1 Å². The van der Waals surface area contributed by atoms with Crippen LogP contribution >= 0.6 is 0 Å². The zero-order chi connectivity index (χ0) is 18.3. The van der Waals surface area contributed by atoms with E-state index < -0.39 is 16.1 Å². The van der Waals surface area contributed by atoms with E-state index in [2.05, 4.69) is 5.32 Å². The lowest BCUT2D eigenvalue weighted by molar-refractivity contribution is -0.127. The average molecular weight is 356 g/mol. The molecule has 0 aliphatic carbocycles. The van der Waals surface area contributed by atoms with Crippen LogP contribution in [0.1, 0.15) is 34.6 Å². The van der Waals surface area contributed by atoms with Crippen LogP contribution in [0.3, 0.4) is 0 Å². The summed E-state index contributed by atoms with van der Waals surface area (Å²) < 4.78 is 31.8. The first-order valence-electron chi connectivity index (χ1n) is 8.26. The molecule has 7 heteroatoms. The van der Waals surface area contributed by atoms with Gasteiger partial charge in [0.15, 0.2) is 6.10 Å². The summed E-state index contributed by atoms with van der Waals surface area (Å²) >= 11 is 0. The smallest absolute Gasteiger partial charge is 0.260 e. The minimum Gasteiger partial charge on any atom is -0.481 e. The largest absolute Gasteiger partial charge is 0.481 e. The van der Waals surface area contributed by atoms with E-state index in [0.29, 0.717) is 31.3 Å². The van der Waals surface area contributed by atoms with E-state index in [9.17, 15) is 13.2 Å². The molecule has 0 radical (unpaired) electrons. The van der Waals surface area contributed by atoms with Gasteiger partial charge in [0.25, 0.3) is 5.91 Å². The highest BCUT2D eigenvalue weighted by Gasteiger charge is 2.21. The maximum atomic E-state index is 12.4. The molecule has 0 aliphatic rings. The third kappa shape index (κ3) is 5.49. The number of nitrogens with zero attached hydrogens (tertiary/aromatic N) is 1. The van der Waals surface area contributed by atoms with Gasteiger partial charge in [0.1, 0.15) is 5.75 Å². The molecule has 1 atom stereocenters. The molecule has 6 nitrogen and oxygen atoms in total. The van der Waals surface area contributed by atoms with Crippen molar-refractivity contribution in [2.45, 2.75) is 45.6 Å². The van der Waals surface area contributed by atoms with Gasteiger partial charge in [-0.25, -0.2) is 8.42 Å². The van der Waals surface area contributed by atoms with Gasteiger partial charge >= 0.3 is 0 Å². The molecule has 1 aromatic carbocycles. The minimum absolute atomic E-state index is 0.191. The third-order valence-electron chi connectivity index (χ3n) is 3.53. The Morgan fingerprint density at radius 3 is 2.12 bits per heavy atom. The Balaban J connectivity index is 2.76. The molecule has 0 spiro atoms. The van der Waals surface area contributed by atoms with Crippen LogP contribution in [0, 0.1) is 5.92 Å². The van der Waals surface area contributed by atoms with Gasteiger partial charge in [-0.1, -0.05) is 27.7 Å². The Labute approximate surface area is 145 Å². The molecule has 136 valence electrons. The Bertz CT molecular complexity index is 622. The van der Waals surface area contributed by atoms with Crippen molar-refractivity contribution in [3.63, 3.8) is 0 Å². The van der Waals surface area contributed by atoms with Crippen molar-refractivity contribution in [3.05, 3.63) is 24.3 Å². The van der Waals surface area contributed by atoms with Gasteiger partial charge in [0.2, 0.25) is 10.0 Å². The van der Waals surface area contributed by atoms with Crippen LogP contribution in [-0.2, 0) is 14.8 Å². The molecule has 0 unspecified atom stereocenters. The number of rotatable bonds is 9. The van der Waals surface area contributed by atoms with Gasteiger partial charge in [-0.3, -0.25) is 4.79 Å². The minimum atomic E-state index is -3.48. The van der Waals surface area contributed by atoms with E-state index in [0.717, 1.165) is 0 Å². The van der Waals surface area contributed by atoms with Crippen LogP contribution < -0.4 is 10.1 Å². The highest BCUT2D eigenvalue weighted by atomic mass is 32.2. The Hall–Kier alpha value is -1.60. The van der Waals surface area contributed by atoms with E-state index in [1.54, 1.807) is 32.9 Å². The standard InChI is InChI=1S/C17H28N2O4S/c1-6-19(7-2)24(21,22)16-10-8-15(9-11-16)23-14(5)17(20)18-12-13(3)4/h8-11,13-14H,6-7,12H2,1-5H3,(H,18,20)/t14-/m0/s1. The first-order valence-corrected chi connectivity index (χ1v) is 9.70. The van der Waals surface area contributed by atoms with Crippen LogP contribution in [0.5, 0.6) is 5.75 Å². The summed E-state index contributed by atoms with van der Waals surface area (Å²) in [6, 6.07) is 6.15. The van der Waals surface area contributed by atoms with Crippen molar-refractivity contribution in [2.24, 2.45) is 5.92 Å². The first kappa shape index (κ1) is 20.4. The number of hydrogen-bond donors (Lipinski definition) is 1. The molecular formula is C17H28N2O4S. The third-order valence-corrected chi connectivity index (χ3v) is 5.60. The van der Waals surface area contributed by atoms with Crippen LogP contribution in [0.2, 0.25) is 0 Å². The molecule has 0 saturated carbocycles. The van der Waals surface area contributed by atoms with Crippen LogP contribution in [0.15, 0.2) is 29.2 Å². The van der Waals surface area contributed by atoms with Crippen LogP contribution in [-0.4, -0.2) is 44.4 Å². The Kier molecular flexibility index (Phi) is 7.69. The summed E-state index contributed by atoms with van der Waals surface area (Å²) in [5, 5.41) is 2.80. The van der Waals surface area contributed by atoms with Gasteiger partial charge in [0.05, 0.1) is 4.90 Å². The monoisotopic (exact) mass is 356 g/mol. The highest BCUT2D eigenvalue weighted by molar-refractivity contribution is 7.89. The zero-order valence-electron chi connectivity index (χ0n) is 15.1. The fourth-order valence-electron chi connectivity index (χ4n) is 2.11. The Morgan fingerprint density at radius 1 is 1.12 bits per heavy atom. The Morgan fingerprint density at radius 2 is 1.67 bits per heavy atom. The van der Waals surface area contributed by atoms with E-state index in [1.165, 1.54) is 16.4 Å². The second-order valence-electron chi connectivity index (χ2n) is 5.96. The normalized spacial score (nSPS) is 13.1. The van der Waals surface area contributed by atoms with Crippen molar-refractivity contribution in [1.29, 1.82) is 0 Å². The molecule has 0 fully saturated rings. The number of amides is 1. The summed E-state index contributed by atoms with van der Waals surface area (Å²) in [4.78, 5) is 12.1. The predicted molar refractivity (Wildman–Crippen MR) is 94.5 cm³/mol. The molecule has 0 bridgehead atoms. The van der Waals surface area contributed by atoms with Gasteiger partial charge in [-0.2, -0.15) is 4.31 Å². The lowest BCUT2D eigenvalue weighted by atomic mass is 10.2. The van der Waals surface area contributed by atoms with Crippen molar-refractivity contribution in [1.82, 2.24) is 9.62 Å². The van der Waals surface area contributed by atoms with E-state index >= 15 is 0 Å². The second-order valence-corrected chi connectivity index (χ2v) is 7.90. The van der Waals surface area contributed by atoms with Crippen molar-refractivity contribution >= 4 is 15.9 Å². The quantitative estimate of drug-likeness (QED) is 0.736. The van der Waals surface area contributed by atoms with E-state index in [-0.39, 0.29) is 10.8 Å². The summed E-state index contributed by atoms with van der Waals surface area (Å²) in [6.07, 6.45) is -0.644. The van der Waals surface area contributed by atoms with Gasteiger partial charge < -0.3 is 10.1 Å². The highest BCUT2D eigenvalue weighted by Crippen LogP contribution is 2.20. The molecule has 0 saturated heterocycles. The molecular weight excluding hydrogens is 328 g/mol. The number of hydrogen-bond acceptors (Lipinski definition) is 4.